The zero-order valence-corrected chi connectivity index (χ0v) is 15.6. The summed E-state index contributed by atoms with van der Waals surface area (Å²) in [6.07, 6.45) is 3.87. The molecule has 124 valence electrons. The Morgan fingerprint density at radius 1 is 1.00 bits per heavy atom. The van der Waals surface area contributed by atoms with E-state index >= 15 is 0 Å². The highest BCUT2D eigenvalue weighted by Crippen LogP contribution is 2.38. The lowest BCUT2D eigenvalue weighted by atomic mass is 9.91. The molecule has 0 fully saturated rings. The number of hydrogen-bond donors (Lipinski definition) is 1. The SMILES string of the molecule is SC(C(Cc1ccc(Cl)cc1)c1ccc(Cl)cc1Cl)n1cncn1. The van der Waals surface area contributed by atoms with Crippen molar-refractivity contribution in [2.24, 2.45) is 0 Å². The number of rotatable bonds is 5. The van der Waals surface area contributed by atoms with Crippen LogP contribution in [0.3, 0.4) is 0 Å². The minimum Gasteiger partial charge on any atom is -0.240 e. The summed E-state index contributed by atoms with van der Waals surface area (Å²) in [6.45, 7) is 0. The third-order valence-corrected chi connectivity index (χ3v) is 5.21. The predicted octanol–water partition coefficient (Wildman–Crippen LogP) is 5.69. The van der Waals surface area contributed by atoms with E-state index in [1.165, 1.54) is 6.33 Å². The molecular weight excluding hydrogens is 385 g/mol. The highest BCUT2D eigenvalue weighted by molar-refractivity contribution is 7.80. The van der Waals surface area contributed by atoms with Crippen LogP contribution in [0.1, 0.15) is 22.4 Å². The molecule has 7 heteroatoms. The van der Waals surface area contributed by atoms with Gasteiger partial charge in [-0.15, -0.1) is 0 Å². The molecule has 2 aromatic carbocycles. The Labute approximate surface area is 161 Å². The molecule has 0 saturated heterocycles. The molecule has 3 rings (SSSR count). The standard InChI is InChI=1S/C17H14Cl3N3S/c18-12-3-1-11(2-4-12)7-15(17(24)23-10-21-9-22-23)14-6-5-13(19)8-16(14)20/h1-6,8-10,15,17,24H,7H2. The fraction of sp³-hybridized carbons (Fsp3) is 0.176. The van der Waals surface area contributed by atoms with Crippen LogP contribution in [-0.4, -0.2) is 14.8 Å². The fourth-order valence-electron chi connectivity index (χ4n) is 2.59. The summed E-state index contributed by atoms with van der Waals surface area (Å²) >= 11 is 23.2. The highest BCUT2D eigenvalue weighted by Gasteiger charge is 2.25. The topological polar surface area (TPSA) is 30.7 Å². The van der Waals surface area contributed by atoms with Crippen molar-refractivity contribution in [3.05, 3.63) is 81.3 Å². The van der Waals surface area contributed by atoms with Crippen LogP contribution in [0.15, 0.2) is 55.1 Å². The Morgan fingerprint density at radius 2 is 1.71 bits per heavy atom. The number of thiol groups is 1. The van der Waals surface area contributed by atoms with Crippen LogP contribution in [0.4, 0.5) is 0 Å². The van der Waals surface area contributed by atoms with Crippen molar-refractivity contribution in [3.8, 4) is 0 Å². The molecule has 2 unspecified atom stereocenters. The van der Waals surface area contributed by atoms with Gasteiger partial charge in [0.15, 0.2) is 0 Å². The first kappa shape index (κ1) is 17.6. The first-order valence-electron chi connectivity index (χ1n) is 7.26. The normalized spacial score (nSPS) is 13.7. The summed E-state index contributed by atoms with van der Waals surface area (Å²) in [5, 5.41) is 5.90. The Bertz CT molecular complexity index is 806. The maximum absolute atomic E-state index is 6.44. The smallest absolute Gasteiger partial charge is 0.137 e. The van der Waals surface area contributed by atoms with Gasteiger partial charge in [-0.2, -0.15) is 17.7 Å². The molecule has 0 aliphatic carbocycles. The number of aromatic nitrogens is 3. The highest BCUT2D eigenvalue weighted by atomic mass is 35.5. The van der Waals surface area contributed by atoms with Gasteiger partial charge in [0.2, 0.25) is 0 Å². The Morgan fingerprint density at radius 3 is 2.33 bits per heavy atom. The summed E-state index contributed by atoms with van der Waals surface area (Å²) in [7, 11) is 0. The van der Waals surface area contributed by atoms with Gasteiger partial charge in [-0.3, -0.25) is 0 Å². The van der Waals surface area contributed by atoms with E-state index in [1.807, 2.05) is 36.4 Å². The maximum atomic E-state index is 6.44. The molecule has 1 heterocycles. The van der Waals surface area contributed by atoms with Crippen molar-refractivity contribution >= 4 is 47.4 Å². The monoisotopic (exact) mass is 397 g/mol. The second-order valence-electron chi connectivity index (χ2n) is 5.39. The molecule has 0 radical (unpaired) electrons. The minimum atomic E-state index is -0.221. The first-order chi connectivity index (χ1) is 11.5. The lowest BCUT2D eigenvalue weighted by molar-refractivity contribution is 0.500. The van der Waals surface area contributed by atoms with Crippen LogP contribution < -0.4 is 0 Å². The Balaban J connectivity index is 1.98. The first-order valence-corrected chi connectivity index (χ1v) is 8.91. The van der Waals surface area contributed by atoms with Crippen LogP contribution in [0.2, 0.25) is 15.1 Å². The van der Waals surface area contributed by atoms with Crippen LogP contribution in [0, 0.1) is 0 Å². The van der Waals surface area contributed by atoms with Crippen molar-refractivity contribution in [1.82, 2.24) is 14.8 Å². The van der Waals surface area contributed by atoms with Gasteiger partial charge in [0.05, 0.1) is 0 Å². The minimum absolute atomic E-state index is 0.0130. The maximum Gasteiger partial charge on any atom is 0.137 e. The summed E-state index contributed by atoms with van der Waals surface area (Å²) in [4.78, 5) is 4.01. The molecular formula is C17H14Cl3N3S. The molecule has 0 aliphatic heterocycles. The molecule has 2 atom stereocenters. The Hall–Kier alpha value is -1.20. The van der Waals surface area contributed by atoms with E-state index in [-0.39, 0.29) is 11.3 Å². The van der Waals surface area contributed by atoms with Gasteiger partial charge in [0.1, 0.15) is 18.0 Å². The third kappa shape index (κ3) is 4.06. The average Bonchev–Trinajstić information content (AvgIpc) is 3.09. The number of benzene rings is 2. The van der Waals surface area contributed by atoms with E-state index in [0.717, 1.165) is 17.5 Å². The van der Waals surface area contributed by atoms with Crippen LogP contribution >= 0.6 is 47.4 Å². The third-order valence-electron chi connectivity index (χ3n) is 3.80. The van der Waals surface area contributed by atoms with Gasteiger partial charge >= 0.3 is 0 Å². The molecule has 0 spiro atoms. The second kappa shape index (κ2) is 7.79. The second-order valence-corrected chi connectivity index (χ2v) is 7.20. The van der Waals surface area contributed by atoms with Crippen molar-refractivity contribution in [2.45, 2.75) is 17.7 Å². The van der Waals surface area contributed by atoms with E-state index in [1.54, 1.807) is 17.1 Å². The molecule has 0 aliphatic rings. The largest absolute Gasteiger partial charge is 0.240 e. The van der Waals surface area contributed by atoms with Crippen molar-refractivity contribution in [2.75, 3.05) is 0 Å². The molecule has 0 amide bonds. The van der Waals surface area contributed by atoms with Gasteiger partial charge in [-0.1, -0.05) is 53.0 Å². The predicted molar refractivity (Wildman–Crippen MR) is 102 cm³/mol. The quantitative estimate of drug-likeness (QED) is 0.559. The van der Waals surface area contributed by atoms with E-state index in [0.29, 0.717) is 15.1 Å². The summed E-state index contributed by atoms with van der Waals surface area (Å²) in [5.41, 5.74) is 2.10. The van der Waals surface area contributed by atoms with Crippen LogP contribution in [-0.2, 0) is 6.42 Å². The summed E-state index contributed by atoms with van der Waals surface area (Å²) in [6, 6.07) is 13.3. The van der Waals surface area contributed by atoms with Gasteiger partial charge < -0.3 is 0 Å². The summed E-state index contributed by atoms with van der Waals surface area (Å²) in [5.74, 6) is -0.0130. The molecule has 0 bridgehead atoms. The van der Waals surface area contributed by atoms with Crippen molar-refractivity contribution < 1.29 is 0 Å². The molecule has 3 nitrogen and oxygen atoms in total. The molecule has 0 N–H and O–H groups in total. The van der Waals surface area contributed by atoms with Crippen molar-refractivity contribution in [3.63, 3.8) is 0 Å². The van der Waals surface area contributed by atoms with E-state index in [4.69, 9.17) is 47.4 Å². The van der Waals surface area contributed by atoms with Crippen LogP contribution in [0.5, 0.6) is 0 Å². The molecule has 24 heavy (non-hydrogen) atoms. The van der Waals surface area contributed by atoms with Gasteiger partial charge in [-0.05, 0) is 41.8 Å². The van der Waals surface area contributed by atoms with Gasteiger partial charge in [0, 0.05) is 21.0 Å². The lowest BCUT2D eigenvalue weighted by Gasteiger charge is -2.25. The summed E-state index contributed by atoms with van der Waals surface area (Å²) < 4.78 is 1.72. The zero-order chi connectivity index (χ0) is 17.1. The van der Waals surface area contributed by atoms with E-state index < -0.39 is 0 Å². The molecule has 0 saturated carbocycles. The van der Waals surface area contributed by atoms with Gasteiger partial charge in [0.25, 0.3) is 0 Å². The number of nitrogens with zero attached hydrogens (tertiary/aromatic N) is 3. The molecule has 1 aromatic heterocycles. The number of hydrogen-bond acceptors (Lipinski definition) is 3. The van der Waals surface area contributed by atoms with Gasteiger partial charge in [-0.25, -0.2) is 9.67 Å². The zero-order valence-electron chi connectivity index (χ0n) is 12.5. The van der Waals surface area contributed by atoms with Crippen molar-refractivity contribution in [1.29, 1.82) is 0 Å². The lowest BCUT2D eigenvalue weighted by Crippen LogP contribution is -2.16. The Kier molecular flexibility index (Phi) is 5.72. The van der Waals surface area contributed by atoms with Crippen LogP contribution in [0.25, 0.3) is 0 Å². The van der Waals surface area contributed by atoms with E-state index in [9.17, 15) is 0 Å². The molecule has 3 aromatic rings. The number of halogens is 3. The average molecular weight is 399 g/mol. The fourth-order valence-corrected chi connectivity index (χ4v) is 3.65. The van der Waals surface area contributed by atoms with E-state index in [2.05, 4.69) is 10.1 Å².